The first kappa shape index (κ1) is 25.8. The van der Waals surface area contributed by atoms with Crippen molar-refractivity contribution in [3.05, 3.63) is 152 Å². The molecule has 0 fully saturated rings. The van der Waals surface area contributed by atoms with Crippen molar-refractivity contribution in [1.82, 2.24) is 4.57 Å². The molecule has 0 N–H and O–H groups in total. The highest BCUT2D eigenvalue weighted by atomic mass is 32.2. The zero-order valence-corrected chi connectivity index (χ0v) is 24.6. The first-order valence-corrected chi connectivity index (χ1v) is 17.1. The fourth-order valence-corrected chi connectivity index (χ4v) is 10.9. The summed E-state index contributed by atoms with van der Waals surface area (Å²) in [6, 6.07) is 47.2. The maximum atomic E-state index is 15.7. The zero-order valence-electron chi connectivity index (χ0n) is 22.9. The number of sulfone groups is 1. The molecule has 7 heteroatoms. The Hall–Kier alpha value is -4.90. The van der Waals surface area contributed by atoms with E-state index in [0.29, 0.717) is 27.7 Å². The summed E-state index contributed by atoms with van der Waals surface area (Å²) in [6.45, 7) is 0. The van der Waals surface area contributed by atoms with E-state index < -0.39 is 17.1 Å². The summed E-state index contributed by atoms with van der Waals surface area (Å²) in [5, 5.41) is 3.41. The summed E-state index contributed by atoms with van der Waals surface area (Å²) in [5.74, 6) is 0. The lowest BCUT2D eigenvalue weighted by Gasteiger charge is -2.39. The van der Waals surface area contributed by atoms with Crippen molar-refractivity contribution >= 4 is 60.9 Å². The van der Waals surface area contributed by atoms with Gasteiger partial charge in [0.05, 0.1) is 32.2 Å². The van der Waals surface area contributed by atoms with Crippen molar-refractivity contribution in [3.8, 4) is 5.69 Å². The van der Waals surface area contributed by atoms with Crippen LogP contribution in [0.25, 0.3) is 27.5 Å². The van der Waals surface area contributed by atoms with Crippen LogP contribution in [-0.4, -0.2) is 13.0 Å². The second-order valence-corrected chi connectivity index (χ2v) is 15.0. The maximum absolute atomic E-state index is 15.7. The topological polar surface area (TPSA) is 59.4 Å². The van der Waals surface area contributed by atoms with Gasteiger partial charge in [0.25, 0.3) is 0 Å². The summed E-state index contributed by atoms with van der Waals surface area (Å²) in [6.07, 6.45) is 0. The number of hydrogen-bond donors (Lipinski definition) is 0. The Balaban J connectivity index is 1.45. The average molecular weight is 597 g/mol. The van der Waals surface area contributed by atoms with Crippen LogP contribution in [0.1, 0.15) is 0 Å². The fraction of sp³-hybridized carbons (Fsp3) is 0. The van der Waals surface area contributed by atoms with Crippen molar-refractivity contribution < 1.29 is 13.0 Å². The van der Waals surface area contributed by atoms with Gasteiger partial charge >= 0.3 is 0 Å². The molecule has 0 aliphatic carbocycles. The number of para-hydroxylation sites is 3. The van der Waals surface area contributed by atoms with Crippen LogP contribution < -0.4 is 15.3 Å². The Kier molecular flexibility index (Phi) is 5.73. The van der Waals surface area contributed by atoms with Gasteiger partial charge < -0.3 is 4.57 Å². The van der Waals surface area contributed by atoms with E-state index in [-0.39, 0.29) is 9.79 Å². The molecular weight excluding hydrogens is 571 g/mol. The highest BCUT2D eigenvalue weighted by Crippen LogP contribution is 2.60. The lowest BCUT2D eigenvalue weighted by Crippen LogP contribution is -2.33. The Morgan fingerprint density at radius 1 is 0.488 bits per heavy atom. The zero-order chi connectivity index (χ0) is 29.2. The first-order chi connectivity index (χ1) is 21.0. The smallest absolute Gasteiger partial charge is 0.234 e. The molecule has 208 valence electrons. The predicted octanol–water partition coefficient (Wildman–Crippen LogP) is 8.00. The second-order valence-electron chi connectivity index (χ2n) is 10.6. The minimum Gasteiger partial charge on any atom is -0.309 e. The van der Waals surface area contributed by atoms with E-state index in [0.717, 1.165) is 21.8 Å². The third kappa shape index (κ3) is 3.70. The average Bonchev–Trinajstić information content (AvgIpc) is 3.40. The van der Waals surface area contributed by atoms with Crippen LogP contribution in [0.5, 0.6) is 0 Å². The van der Waals surface area contributed by atoms with Crippen LogP contribution in [0, 0.1) is 0 Å². The van der Waals surface area contributed by atoms with Gasteiger partial charge in [-0.15, -0.1) is 0 Å². The summed E-state index contributed by atoms with van der Waals surface area (Å²) in [7, 11) is -7.57. The van der Waals surface area contributed by atoms with Gasteiger partial charge in [0, 0.05) is 27.1 Å². The van der Waals surface area contributed by atoms with Crippen LogP contribution in [-0.2, 0) is 14.4 Å². The van der Waals surface area contributed by atoms with Crippen LogP contribution >= 0.6 is 7.29 Å². The summed E-state index contributed by atoms with van der Waals surface area (Å²) >= 11 is 0. The molecule has 43 heavy (non-hydrogen) atoms. The largest absolute Gasteiger partial charge is 0.309 e. The Morgan fingerprint density at radius 2 is 0.977 bits per heavy atom. The third-order valence-electron chi connectivity index (χ3n) is 8.18. The molecule has 8 rings (SSSR count). The SMILES string of the molecule is O=P(c1ccccc1)(c1ccccc1)N1c2ccccc2S(=O)(=O)c2cc(-n3c4ccccc4c4ccccc43)ccc21. The van der Waals surface area contributed by atoms with Gasteiger partial charge in [0.2, 0.25) is 17.1 Å². The second kappa shape index (κ2) is 9.56. The van der Waals surface area contributed by atoms with E-state index in [1.807, 2.05) is 103 Å². The Morgan fingerprint density at radius 3 is 1.58 bits per heavy atom. The van der Waals surface area contributed by atoms with Crippen LogP contribution in [0.15, 0.2) is 161 Å². The number of anilines is 2. The number of aromatic nitrogens is 1. The van der Waals surface area contributed by atoms with E-state index in [9.17, 15) is 8.42 Å². The van der Waals surface area contributed by atoms with Crippen molar-refractivity contribution in [2.75, 3.05) is 4.67 Å². The van der Waals surface area contributed by atoms with E-state index in [2.05, 4.69) is 16.7 Å². The molecule has 1 aliphatic heterocycles. The van der Waals surface area contributed by atoms with Gasteiger partial charge in [0.1, 0.15) is 0 Å². The molecule has 0 bridgehead atoms. The molecule has 1 aliphatic rings. The Bertz CT molecular complexity index is 2250. The molecule has 0 atom stereocenters. The lowest BCUT2D eigenvalue weighted by atomic mass is 10.2. The molecule has 0 unspecified atom stereocenters. The summed E-state index contributed by atoms with van der Waals surface area (Å²) < 4.78 is 48.3. The molecule has 1 aromatic heterocycles. The molecule has 7 aromatic rings. The van der Waals surface area contributed by atoms with Crippen molar-refractivity contribution in [2.45, 2.75) is 9.79 Å². The number of benzene rings is 6. The Labute approximate surface area is 249 Å². The molecule has 5 nitrogen and oxygen atoms in total. The van der Waals surface area contributed by atoms with Crippen LogP contribution in [0.4, 0.5) is 11.4 Å². The molecule has 6 aromatic carbocycles. The maximum Gasteiger partial charge on any atom is 0.234 e. The minimum atomic E-state index is -3.96. The number of rotatable bonds is 4. The summed E-state index contributed by atoms with van der Waals surface area (Å²) in [5.41, 5.74) is 3.46. The molecular formula is C36H25N2O3PS. The van der Waals surface area contributed by atoms with Gasteiger partial charge in [0.15, 0.2) is 0 Å². The fourth-order valence-electron chi connectivity index (χ4n) is 6.28. The molecule has 0 spiro atoms. The van der Waals surface area contributed by atoms with Crippen molar-refractivity contribution in [3.63, 3.8) is 0 Å². The van der Waals surface area contributed by atoms with Gasteiger partial charge in [-0.05, 0) is 66.7 Å². The highest BCUT2D eigenvalue weighted by Gasteiger charge is 2.44. The monoisotopic (exact) mass is 596 g/mol. The van der Waals surface area contributed by atoms with Crippen LogP contribution in [0.2, 0.25) is 0 Å². The van der Waals surface area contributed by atoms with Crippen molar-refractivity contribution in [1.29, 1.82) is 0 Å². The van der Waals surface area contributed by atoms with Crippen LogP contribution in [0.3, 0.4) is 0 Å². The number of fused-ring (bicyclic) bond motifs is 5. The molecule has 0 saturated heterocycles. The molecule has 0 amide bonds. The number of nitrogens with zero attached hydrogens (tertiary/aromatic N) is 2. The van der Waals surface area contributed by atoms with E-state index >= 15 is 4.57 Å². The molecule has 2 heterocycles. The standard InChI is InChI=1S/C36H25N2O3PS/c39-42(27-13-3-1-4-14-27,28-15-5-2-6-16-28)38-33-21-11-12-22-35(33)43(40,41)36-25-26(23-24-34(36)38)37-31-19-9-7-17-29(31)30-18-8-10-20-32(30)37/h1-25H. The van der Waals surface area contributed by atoms with Gasteiger partial charge in [-0.3, -0.25) is 9.24 Å². The molecule has 0 radical (unpaired) electrons. The van der Waals surface area contributed by atoms with Crippen molar-refractivity contribution in [2.24, 2.45) is 0 Å². The highest BCUT2D eigenvalue weighted by molar-refractivity contribution is 7.92. The van der Waals surface area contributed by atoms with Gasteiger partial charge in [-0.25, -0.2) is 8.42 Å². The van der Waals surface area contributed by atoms with Gasteiger partial charge in [-0.2, -0.15) is 0 Å². The minimum absolute atomic E-state index is 0.123. The van der Waals surface area contributed by atoms with Gasteiger partial charge in [-0.1, -0.05) is 84.9 Å². The normalized spacial score (nSPS) is 14.0. The lowest BCUT2D eigenvalue weighted by molar-refractivity contribution is 0.585. The molecule has 0 saturated carbocycles. The quantitative estimate of drug-likeness (QED) is 0.193. The van der Waals surface area contributed by atoms with E-state index in [1.165, 1.54) is 0 Å². The summed E-state index contributed by atoms with van der Waals surface area (Å²) in [4.78, 5) is 0.256. The third-order valence-corrected chi connectivity index (χ3v) is 13.0. The predicted molar refractivity (Wildman–Crippen MR) is 175 cm³/mol. The van der Waals surface area contributed by atoms with E-state index in [4.69, 9.17) is 0 Å². The first-order valence-electron chi connectivity index (χ1n) is 14.0. The number of hydrogen-bond acceptors (Lipinski definition) is 3. The van der Waals surface area contributed by atoms with E-state index in [1.54, 1.807) is 41.1 Å².